The number of pyridine rings is 2. The van der Waals surface area contributed by atoms with E-state index in [0.717, 1.165) is 61.9 Å². The van der Waals surface area contributed by atoms with Crippen LogP contribution in [-0.2, 0) is 29.3 Å². The fourth-order valence-corrected chi connectivity index (χ4v) is 10.5. The second-order valence-corrected chi connectivity index (χ2v) is 20.7. The van der Waals surface area contributed by atoms with Gasteiger partial charge in [0.25, 0.3) is 11.8 Å². The summed E-state index contributed by atoms with van der Waals surface area (Å²) in [6.07, 6.45) is 3.86. The van der Waals surface area contributed by atoms with Crippen LogP contribution >= 0.6 is 0 Å². The summed E-state index contributed by atoms with van der Waals surface area (Å²) in [5.74, 6) is 0.471. The quantitative estimate of drug-likeness (QED) is 0.0749. The van der Waals surface area contributed by atoms with Gasteiger partial charge >= 0.3 is 6.09 Å². The zero-order valence-corrected chi connectivity index (χ0v) is 45.8. The number of ether oxygens (including phenoxy) is 5. The SMILES string of the molecule is COc1cc(-c2n[nH]c3ccc(NC(=O)[C@]4(OC)CCNC4)cc23)ccn1.COc1cc(-c2nn(C(c3ccccc3)(c3ccccc3)c3ccccc3)c3ccc(NC(=O)[C@]4(OC)CCN(C(=O)OC(C)(C)C)C4)cc23)ccn1. The molecular weight excluding hydrogens is 1010 g/mol. The van der Waals surface area contributed by atoms with Crippen molar-refractivity contribution >= 4 is 51.1 Å². The number of hydrogen-bond donors (Lipinski definition) is 4. The Hall–Kier alpha value is -8.97. The third-order valence-corrected chi connectivity index (χ3v) is 14.7. The molecular formula is C62H64N10O8. The number of carbonyl (C=O) groups is 3. The number of anilines is 2. The number of fused-ring (bicyclic) bond motifs is 2. The molecule has 2 fully saturated rings. The molecule has 0 unspecified atom stereocenters. The summed E-state index contributed by atoms with van der Waals surface area (Å²) in [6.45, 7) is 7.11. The van der Waals surface area contributed by atoms with Gasteiger partial charge in [-0.2, -0.15) is 10.2 Å². The molecule has 0 aliphatic carbocycles. The van der Waals surface area contributed by atoms with Gasteiger partial charge < -0.3 is 44.5 Å². The number of methoxy groups -OCH3 is 4. The molecule has 9 aromatic rings. The smallest absolute Gasteiger partial charge is 0.410 e. The molecule has 2 aliphatic rings. The molecule has 11 rings (SSSR count). The average molecular weight is 1080 g/mol. The van der Waals surface area contributed by atoms with E-state index in [0.29, 0.717) is 54.8 Å². The van der Waals surface area contributed by atoms with Crippen molar-refractivity contribution in [2.45, 2.75) is 56.0 Å². The minimum absolute atomic E-state index is 0.0697. The van der Waals surface area contributed by atoms with Crippen LogP contribution in [0.1, 0.15) is 50.3 Å². The molecule has 4 N–H and O–H groups in total. The molecule has 2 saturated heterocycles. The summed E-state index contributed by atoms with van der Waals surface area (Å²) in [5.41, 5.74) is 5.54. The van der Waals surface area contributed by atoms with E-state index in [2.05, 4.69) is 77.2 Å². The largest absolute Gasteiger partial charge is 0.481 e. The number of nitrogens with one attached hydrogen (secondary N) is 4. The second-order valence-electron chi connectivity index (χ2n) is 20.7. The first kappa shape index (κ1) is 54.4. The molecule has 18 nitrogen and oxygen atoms in total. The number of rotatable bonds is 14. The van der Waals surface area contributed by atoms with Crippen molar-refractivity contribution < 1.29 is 38.1 Å². The Labute approximate surface area is 463 Å². The van der Waals surface area contributed by atoms with Crippen LogP contribution in [0.4, 0.5) is 16.2 Å². The van der Waals surface area contributed by atoms with Crippen LogP contribution in [-0.4, -0.2) is 124 Å². The van der Waals surface area contributed by atoms with Crippen molar-refractivity contribution in [1.29, 1.82) is 0 Å². The van der Waals surface area contributed by atoms with E-state index in [1.807, 2.05) is 136 Å². The van der Waals surface area contributed by atoms with E-state index in [9.17, 15) is 14.4 Å². The van der Waals surface area contributed by atoms with E-state index in [1.165, 1.54) is 12.0 Å². The van der Waals surface area contributed by atoms with Gasteiger partial charge in [0.2, 0.25) is 11.8 Å². The van der Waals surface area contributed by atoms with Crippen LogP contribution < -0.4 is 25.4 Å². The Morgan fingerprint density at radius 1 is 0.613 bits per heavy atom. The van der Waals surface area contributed by atoms with E-state index in [1.54, 1.807) is 33.7 Å². The van der Waals surface area contributed by atoms with Crippen LogP contribution in [0, 0.1) is 0 Å². The summed E-state index contributed by atoms with van der Waals surface area (Å²) in [5, 5.41) is 23.9. The van der Waals surface area contributed by atoms with Crippen LogP contribution in [0.2, 0.25) is 0 Å². The van der Waals surface area contributed by atoms with Gasteiger partial charge in [0, 0.05) is 91.5 Å². The summed E-state index contributed by atoms with van der Waals surface area (Å²) >= 11 is 0. The van der Waals surface area contributed by atoms with E-state index in [-0.39, 0.29) is 18.4 Å². The van der Waals surface area contributed by atoms with Gasteiger partial charge in [0.1, 0.15) is 22.5 Å². The number of amides is 3. The molecule has 2 aliphatic heterocycles. The lowest BCUT2D eigenvalue weighted by atomic mass is 9.77. The fraction of sp³-hybridized carbons (Fsp3) is 0.274. The van der Waals surface area contributed by atoms with E-state index >= 15 is 0 Å². The Morgan fingerprint density at radius 3 is 1.68 bits per heavy atom. The van der Waals surface area contributed by atoms with Gasteiger partial charge in [-0.05, 0) is 99.0 Å². The van der Waals surface area contributed by atoms with Gasteiger partial charge in [-0.25, -0.2) is 19.4 Å². The molecule has 4 aromatic heterocycles. The van der Waals surface area contributed by atoms with Crippen molar-refractivity contribution in [2.75, 3.05) is 65.3 Å². The Bertz CT molecular complexity index is 3560. The van der Waals surface area contributed by atoms with E-state index < -0.39 is 28.4 Å². The van der Waals surface area contributed by atoms with Gasteiger partial charge in [-0.15, -0.1) is 0 Å². The van der Waals surface area contributed by atoms with Gasteiger partial charge in [-0.3, -0.25) is 14.7 Å². The number of aromatic nitrogens is 6. The molecule has 0 saturated carbocycles. The molecule has 6 heterocycles. The summed E-state index contributed by atoms with van der Waals surface area (Å²) in [7, 11) is 6.23. The summed E-state index contributed by atoms with van der Waals surface area (Å²) in [6, 6.07) is 50.0. The molecule has 0 bridgehead atoms. The van der Waals surface area contributed by atoms with Crippen molar-refractivity contribution in [3.63, 3.8) is 0 Å². The van der Waals surface area contributed by atoms with Crippen LogP contribution in [0.3, 0.4) is 0 Å². The fourth-order valence-electron chi connectivity index (χ4n) is 10.5. The normalized spacial score (nSPS) is 17.2. The maximum Gasteiger partial charge on any atom is 0.410 e. The highest BCUT2D eigenvalue weighted by Crippen LogP contribution is 2.45. The number of hydrogen-bond acceptors (Lipinski definition) is 13. The topological polar surface area (TPSA) is 209 Å². The lowest BCUT2D eigenvalue weighted by Gasteiger charge is -2.37. The first-order valence-electron chi connectivity index (χ1n) is 26.3. The first-order valence-corrected chi connectivity index (χ1v) is 26.3. The van der Waals surface area contributed by atoms with Crippen molar-refractivity contribution in [3.05, 3.63) is 181 Å². The molecule has 0 spiro atoms. The van der Waals surface area contributed by atoms with E-state index in [4.69, 9.17) is 28.8 Å². The van der Waals surface area contributed by atoms with Gasteiger partial charge in [-0.1, -0.05) is 91.0 Å². The second kappa shape index (κ2) is 22.8. The molecule has 0 radical (unpaired) electrons. The number of aromatic amines is 1. The minimum Gasteiger partial charge on any atom is -0.481 e. The van der Waals surface area contributed by atoms with Crippen molar-refractivity contribution in [2.24, 2.45) is 0 Å². The van der Waals surface area contributed by atoms with Gasteiger partial charge in [0.05, 0.1) is 31.8 Å². The molecule has 2 atom stereocenters. The maximum absolute atomic E-state index is 14.1. The predicted octanol–water partition coefficient (Wildman–Crippen LogP) is 9.86. The number of H-pyrrole nitrogens is 1. The monoisotopic (exact) mass is 1080 g/mol. The van der Waals surface area contributed by atoms with Gasteiger partial charge in [0.15, 0.2) is 11.2 Å². The minimum atomic E-state index is -1.25. The maximum atomic E-state index is 14.1. The molecule has 5 aromatic carbocycles. The average Bonchev–Trinajstić information content (AvgIpc) is 3.49. The zero-order chi connectivity index (χ0) is 56.1. The lowest BCUT2D eigenvalue weighted by Crippen LogP contribution is -2.48. The Kier molecular flexibility index (Phi) is 15.5. The summed E-state index contributed by atoms with van der Waals surface area (Å²) < 4.78 is 29.7. The van der Waals surface area contributed by atoms with Crippen LogP contribution in [0.15, 0.2) is 164 Å². The molecule has 410 valence electrons. The highest BCUT2D eigenvalue weighted by Gasteiger charge is 2.48. The summed E-state index contributed by atoms with van der Waals surface area (Å²) in [4.78, 5) is 49.7. The number of likely N-dealkylation sites (tertiary alicyclic amines) is 1. The Morgan fingerprint density at radius 2 is 1.15 bits per heavy atom. The van der Waals surface area contributed by atoms with Crippen molar-refractivity contribution in [1.82, 2.24) is 40.2 Å². The standard InChI is InChI=1S/C43H43N5O5.C19H21N5O3/c1-41(2,3)53-40(50)47-26-24-42(29-47,52-5)39(49)45-34-21-22-36-35(28-34)38(30-23-25-44-37(27-30)51-4)46-48(36)43(31-15-9-6-10-16-31,32-17-11-7-12-18-32)33-19-13-8-14-20-33;1-26-16-9-12(5-7-21-16)17-14-10-13(3-4-15(14)23-24-17)22-18(25)19(27-2)6-8-20-11-19/h6-23,25,27-28H,24,26,29H2,1-5H3,(H,45,49);3-5,7,9-10,20H,6,8,11H2,1-2H3,(H,22,25)(H,23,24)/t42-;19-/m00/s1. The first-order chi connectivity index (χ1) is 38.7. The van der Waals surface area contributed by atoms with Crippen LogP contribution in [0.25, 0.3) is 44.3 Å². The third kappa shape index (κ3) is 10.7. The number of benzene rings is 5. The molecule has 18 heteroatoms. The number of nitrogens with zero attached hydrogens (tertiary/aromatic N) is 6. The highest BCUT2D eigenvalue weighted by atomic mass is 16.6. The third-order valence-electron chi connectivity index (χ3n) is 14.7. The molecule has 3 amide bonds. The van der Waals surface area contributed by atoms with Crippen molar-refractivity contribution in [3.8, 4) is 34.3 Å². The zero-order valence-electron chi connectivity index (χ0n) is 45.8. The number of carbonyl (C=O) groups excluding carboxylic acids is 3. The highest BCUT2D eigenvalue weighted by molar-refractivity contribution is 6.03. The predicted molar refractivity (Wildman–Crippen MR) is 307 cm³/mol. The Balaban J connectivity index is 0.000000223. The molecule has 80 heavy (non-hydrogen) atoms. The lowest BCUT2D eigenvalue weighted by molar-refractivity contribution is -0.136. The van der Waals surface area contributed by atoms with Crippen LogP contribution in [0.5, 0.6) is 11.8 Å².